The van der Waals surface area contributed by atoms with E-state index in [9.17, 15) is 0 Å². The normalized spacial score (nSPS) is 67.8. The predicted molar refractivity (Wildman–Crippen MR) is 160 cm³/mol. The van der Waals surface area contributed by atoms with Crippen LogP contribution in [-0.4, -0.2) is 21.5 Å². The Morgan fingerprint density at radius 3 is 1.47 bits per heavy atom. The Morgan fingerprint density at radius 1 is 0.579 bits per heavy atom. The average molecular weight is 581 g/mol. The van der Waals surface area contributed by atoms with Gasteiger partial charge in [-0.15, -0.1) is 0 Å². The maximum atomic E-state index is 2.61. The SMILES string of the molecule is c1ccc(P(c2ccccc2)[C]23[CH]4[CH]5[CH]6[C]2(CP(C2CCCCC2)C2CCCCC2)[Fe]56432789[CH]3[CH]2[CH]7[CH]8[CH]39)cc1. The Hall–Kier alpha value is -0.181. The minimum atomic E-state index is -3.56. The summed E-state index contributed by atoms with van der Waals surface area (Å²) in [7, 11) is 0.0759. The van der Waals surface area contributed by atoms with E-state index in [2.05, 4.69) is 60.7 Å². The molecule has 10 saturated heterocycles. The average Bonchev–Trinajstić information content (AvgIpc) is 3.94. The summed E-state index contributed by atoms with van der Waals surface area (Å²) in [6, 6.07) is 24.7. The van der Waals surface area contributed by atoms with Crippen LogP contribution in [0, 0.1) is 0 Å². The Morgan fingerprint density at radius 2 is 1.05 bits per heavy atom. The summed E-state index contributed by atoms with van der Waals surface area (Å²) < 4.78 is 1.93. The number of hydrogen-bond donors (Lipinski definition) is 0. The van der Waals surface area contributed by atoms with Gasteiger partial charge < -0.3 is 0 Å². The van der Waals surface area contributed by atoms with Crippen LogP contribution in [0.5, 0.6) is 0 Å². The van der Waals surface area contributed by atoms with Gasteiger partial charge in [0.25, 0.3) is 0 Å². The summed E-state index contributed by atoms with van der Waals surface area (Å²) in [6.07, 6.45) is 17.7. The second-order valence-corrected chi connectivity index (χ2v) is 47.1. The van der Waals surface area contributed by atoms with Crippen LogP contribution in [-0.2, 0) is 6.51 Å². The molecular weight excluding hydrogens is 538 g/mol. The molecule has 5 atom stereocenters. The quantitative estimate of drug-likeness (QED) is 0.226. The van der Waals surface area contributed by atoms with Gasteiger partial charge in [0.2, 0.25) is 0 Å². The Kier molecular flexibility index (Phi) is 1.72. The first-order valence-electron chi connectivity index (χ1n) is 16.5. The summed E-state index contributed by atoms with van der Waals surface area (Å²) in [5.74, 6) is 0. The number of benzene rings is 2. The second kappa shape index (κ2) is 3.29. The third-order valence-electron chi connectivity index (χ3n) is 22.0. The zero-order valence-corrected chi connectivity index (χ0v) is 25.5. The second-order valence-electron chi connectivity index (χ2n) is 18.1. The van der Waals surface area contributed by atoms with Gasteiger partial charge in [-0.05, 0) is 0 Å². The van der Waals surface area contributed by atoms with Crippen LogP contribution in [0.2, 0.25) is 42.8 Å². The zero-order valence-electron chi connectivity index (χ0n) is 22.6. The first kappa shape index (κ1) is 19.9. The van der Waals surface area contributed by atoms with Crippen molar-refractivity contribution >= 4 is 26.5 Å². The van der Waals surface area contributed by atoms with Gasteiger partial charge in [-0.1, -0.05) is 0 Å². The molecule has 0 amide bonds. The van der Waals surface area contributed by atoms with Gasteiger partial charge in [0.05, 0.1) is 0 Å². The van der Waals surface area contributed by atoms with Gasteiger partial charge in [-0.25, -0.2) is 0 Å². The Labute approximate surface area is 221 Å². The fraction of sp³-hybridized carbons (Fsp3) is 0.657. The summed E-state index contributed by atoms with van der Waals surface area (Å²) >= 11 is 0. The number of rotatable bonds is 7. The number of fused-ring (bicyclic) bond motifs is 10. The molecule has 12 fully saturated rings. The van der Waals surface area contributed by atoms with E-state index in [1.165, 1.54) is 49.8 Å². The van der Waals surface area contributed by atoms with E-state index in [1.54, 1.807) is 74.8 Å². The van der Waals surface area contributed by atoms with E-state index in [0.717, 1.165) is 8.37 Å². The molecule has 0 N–H and O–H groups in total. The van der Waals surface area contributed by atoms with E-state index in [1.807, 2.05) is 6.16 Å². The molecule has 1 spiro atoms. The minimum absolute atomic E-state index is 0.172. The van der Waals surface area contributed by atoms with Crippen molar-refractivity contribution in [3.8, 4) is 0 Å². The van der Waals surface area contributed by atoms with Gasteiger partial charge in [0.1, 0.15) is 0 Å². The molecule has 12 aliphatic rings. The molecular formula is C35H42FeP2. The van der Waals surface area contributed by atoms with Crippen molar-refractivity contribution < 1.29 is 6.51 Å². The van der Waals surface area contributed by atoms with Crippen molar-refractivity contribution in [2.24, 2.45) is 0 Å². The fourth-order valence-electron chi connectivity index (χ4n) is 23.3. The Bertz CT molecular complexity index is 1750. The van der Waals surface area contributed by atoms with Crippen molar-refractivity contribution in [2.75, 3.05) is 6.16 Å². The summed E-state index contributed by atoms with van der Waals surface area (Å²) in [6.45, 7) is -3.56. The molecule has 0 aromatic heterocycles. The molecule has 2 saturated carbocycles. The fourth-order valence-corrected chi connectivity index (χ4v) is 122. The first-order chi connectivity index (χ1) is 18.6. The van der Waals surface area contributed by atoms with Crippen LogP contribution in [0.4, 0.5) is 0 Å². The summed E-state index contributed by atoms with van der Waals surface area (Å²) in [5.41, 5.74) is 2.33. The van der Waals surface area contributed by atoms with Crippen molar-refractivity contribution in [3.05, 3.63) is 60.7 Å². The molecule has 10 aliphatic heterocycles. The maximum absolute atomic E-state index is 3.56. The van der Waals surface area contributed by atoms with E-state index in [4.69, 9.17) is 0 Å². The molecule has 2 aromatic rings. The molecule has 200 valence electrons. The van der Waals surface area contributed by atoms with Crippen LogP contribution in [0.15, 0.2) is 60.7 Å². The number of hydrogen-bond acceptors (Lipinski definition) is 0. The molecule has 10 heterocycles. The van der Waals surface area contributed by atoms with Crippen molar-refractivity contribution in [1.29, 1.82) is 0 Å². The predicted octanol–water partition coefficient (Wildman–Crippen LogP) is 9.93. The first-order valence-corrected chi connectivity index (χ1v) is 25.7. The molecule has 5 unspecified atom stereocenters. The Balaban J connectivity index is 1.03. The van der Waals surface area contributed by atoms with Crippen molar-refractivity contribution in [3.63, 3.8) is 0 Å². The molecule has 2 aliphatic carbocycles. The van der Waals surface area contributed by atoms with Crippen LogP contribution in [0.3, 0.4) is 0 Å². The van der Waals surface area contributed by atoms with Crippen LogP contribution in [0.1, 0.15) is 64.2 Å². The van der Waals surface area contributed by atoms with Crippen LogP contribution < -0.4 is 10.6 Å². The van der Waals surface area contributed by atoms with Gasteiger partial charge in [0, 0.05) is 0 Å². The van der Waals surface area contributed by atoms with Crippen molar-refractivity contribution in [1.82, 2.24) is 0 Å². The molecule has 0 radical (unpaired) electrons. The zero-order chi connectivity index (χ0) is 24.2. The van der Waals surface area contributed by atoms with Gasteiger partial charge in [0.15, 0.2) is 0 Å². The van der Waals surface area contributed by atoms with E-state index in [0.29, 0.717) is 0 Å². The van der Waals surface area contributed by atoms with E-state index >= 15 is 0 Å². The molecule has 0 bridgehead atoms. The van der Waals surface area contributed by atoms with Crippen LogP contribution >= 0.6 is 15.8 Å². The standard InChI is InChI=1S/C30H37P2.C5H5.Fe/c1-5-15-26(16-6-1)31(27-17-7-2-8-18-27)24-25-14-13-23-30(25)32(28-19-9-3-10-20-28)29-21-11-4-12-22-29;1-2-4-5-3-1;/h3-4,9-14,19-23,26-27H,1-2,5-8,15-18,24H2;1-5H;. The molecule has 14 rings (SSSR count). The van der Waals surface area contributed by atoms with Gasteiger partial charge in [-0.2, -0.15) is 0 Å². The molecule has 0 nitrogen and oxygen atoms in total. The monoisotopic (exact) mass is 580 g/mol. The van der Waals surface area contributed by atoms with E-state index < -0.39 is 6.51 Å². The van der Waals surface area contributed by atoms with Crippen molar-refractivity contribution in [2.45, 2.75) is 122 Å². The van der Waals surface area contributed by atoms with Gasteiger partial charge >= 0.3 is 222 Å². The third kappa shape index (κ3) is 0.532. The van der Waals surface area contributed by atoms with Crippen LogP contribution in [0.25, 0.3) is 0 Å². The van der Waals surface area contributed by atoms with E-state index in [-0.39, 0.29) is 15.8 Å². The topological polar surface area (TPSA) is 0 Å². The summed E-state index contributed by atoms with van der Waals surface area (Å²) in [5, 5.41) is 3.61. The third-order valence-corrected chi connectivity index (χ3v) is 76.4. The molecule has 38 heavy (non-hydrogen) atoms. The molecule has 3 heteroatoms. The molecule has 2 aromatic carbocycles. The van der Waals surface area contributed by atoms with Gasteiger partial charge in [-0.3, -0.25) is 0 Å². The summed E-state index contributed by atoms with van der Waals surface area (Å²) in [4.78, 5) is 11.3.